The second kappa shape index (κ2) is 10.4. The minimum Gasteiger partial charge on any atom is -0.459 e. The highest BCUT2D eigenvalue weighted by molar-refractivity contribution is 6.02. The smallest absolute Gasteiger partial charge is 0.416 e. The highest BCUT2D eigenvalue weighted by Gasteiger charge is 2.30. The molecule has 0 bridgehead atoms. The molecule has 0 radical (unpaired) electrons. The molecule has 2 aromatic carbocycles. The van der Waals surface area contributed by atoms with Gasteiger partial charge in [0, 0.05) is 30.9 Å². The summed E-state index contributed by atoms with van der Waals surface area (Å²) in [6.45, 7) is 0.911. The Morgan fingerprint density at radius 3 is 2.30 bits per heavy atom. The van der Waals surface area contributed by atoms with Crippen LogP contribution in [0.15, 0.2) is 71.3 Å². The Morgan fingerprint density at radius 2 is 1.70 bits per heavy atom. The number of furan rings is 1. The largest absolute Gasteiger partial charge is 0.459 e. The number of rotatable bonds is 8. The van der Waals surface area contributed by atoms with Gasteiger partial charge >= 0.3 is 6.18 Å². The Bertz CT molecular complexity index is 1080. The highest BCUT2D eigenvalue weighted by Crippen LogP contribution is 2.30. The highest BCUT2D eigenvalue weighted by atomic mass is 19.4. The number of carbonyl (C=O) groups excluding carboxylic acids is 2. The average molecular weight is 459 g/mol. The Hall–Kier alpha value is -3.59. The van der Waals surface area contributed by atoms with Crippen LogP contribution in [0.4, 0.5) is 18.9 Å². The summed E-state index contributed by atoms with van der Waals surface area (Å²) >= 11 is 0. The SMILES string of the molecule is CN(C)CCN(Cc1cccc(C(F)(F)F)c1)C(=O)c1ccc(NC(=O)c2ccco2)cc1. The Kier molecular flexibility index (Phi) is 7.55. The minimum atomic E-state index is -4.45. The van der Waals surface area contributed by atoms with Gasteiger partial charge in [0.2, 0.25) is 0 Å². The molecule has 0 atom stereocenters. The molecule has 0 unspecified atom stereocenters. The monoisotopic (exact) mass is 459 g/mol. The summed E-state index contributed by atoms with van der Waals surface area (Å²) in [5.74, 6) is -0.583. The average Bonchev–Trinajstić information content (AvgIpc) is 3.31. The second-order valence-corrected chi connectivity index (χ2v) is 7.74. The zero-order valence-corrected chi connectivity index (χ0v) is 18.2. The van der Waals surface area contributed by atoms with Crippen molar-refractivity contribution in [3.63, 3.8) is 0 Å². The summed E-state index contributed by atoms with van der Waals surface area (Å²) in [4.78, 5) is 28.6. The predicted octanol–water partition coefficient (Wildman–Crippen LogP) is 4.75. The van der Waals surface area contributed by atoms with Gasteiger partial charge in [-0.05, 0) is 68.2 Å². The number of halogens is 3. The number of nitrogens with zero attached hydrogens (tertiary/aromatic N) is 2. The zero-order valence-electron chi connectivity index (χ0n) is 18.2. The molecule has 9 heteroatoms. The Labute approximate surface area is 189 Å². The number of alkyl halides is 3. The second-order valence-electron chi connectivity index (χ2n) is 7.74. The van der Waals surface area contributed by atoms with E-state index in [9.17, 15) is 22.8 Å². The van der Waals surface area contributed by atoms with E-state index in [0.29, 0.717) is 29.9 Å². The lowest BCUT2D eigenvalue weighted by atomic mass is 10.1. The summed E-state index contributed by atoms with van der Waals surface area (Å²) in [5.41, 5.74) is 0.471. The van der Waals surface area contributed by atoms with Crippen molar-refractivity contribution in [3.05, 3.63) is 89.4 Å². The fourth-order valence-electron chi connectivity index (χ4n) is 3.12. The van der Waals surface area contributed by atoms with E-state index in [2.05, 4.69) is 5.32 Å². The molecule has 0 saturated heterocycles. The van der Waals surface area contributed by atoms with Gasteiger partial charge in [-0.3, -0.25) is 9.59 Å². The standard InChI is InChI=1S/C24H24F3N3O3/c1-29(2)12-13-30(16-17-5-3-6-19(15-17)24(25,26)27)23(32)18-8-10-20(11-9-18)28-22(31)21-7-4-14-33-21/h3-11,14-15H,12-13,16H2,1-2H3,(H,28,31). The van der Waals surface area contributed by atoms with Crippen LogP contribution in [0.3, 0.4) is 0 Å². The number of anilines is 1. The van der Waals surface area contributed by atoms with Crippen molar-refractivity contribution >= 4 is 17.5 Å². The van der Waals surface area contributed by atoms with Crippen LogP contribution < -0.4 is 5.32 Å². The fraction of sp³-hybridized carbons (Fsp3) is 0.250. The number of nitrogens with one attached hydrogen (secondary N) is 1. The molecule has 0 aliphatic carbocycles. The third-order valence-electron chi connectivity index (χ3n) is 4.87. The number of carbonyl (C=O) groups is 2. The van der Waals surface area contributed by atoms with Crippen LogP contribution in [-0.4, -0.2) is 48.8 Å². The summed E-state index contributed by atoms with van der Waals surface area (Å²) < 4.78 is 44.3. The number of amides is 2. The topological polar surface area (TPSA) is 65.8 Å². The first kappa shape index (κ1) is 24.1. The molecular formula is C24H24F3N3O3. The van der Waals surface area contributed by atoms with Gasteiger partial charge < -0.3 is 19.5 Å². The van der Waals surface area contributed by atoms with Crippen LogP contribution in [0.25, 0.3) is 0 Å². The Morgan fingerprint density at radius 1 is 0.970 bits per heavy atom. The maximum atomic E-state index is 13.1. The molecule has 6 nitrogen and oxygen atoms in total. The van der Waals surface area contributed by atoms with Crippen molar-refractivity contribution in [1.29, 1.82) is 0 Å². The van der Waals surface area contributed by atoms with Crippen molar-refractivity contribution in [2.75, 3.05) is 32.5 Å². The zero-order chi connectivity index (χ0) is 24.0. The van der Waals surface area contributed by atoms with Crippen LogP contribution in [0.1, 0.15) is 32.0 Å². The normalized spacial score (nSPS) is 11.5. The number of likely N-dealkylation sites (N-methyl/N-ethyl adjacent to an activating group) is 1. The molecule has 174 valence electrons. The number of benzene rings is 2. The van der Waals surface area contributed by atoms with Gasteiger partial charge in [-0.25, -0.2) is 0 Å². The molecule has 0 spiro atoms. The first-order valence-electron chi connectivity index (χ1n) is 10.2. The van der Waals surface area contributed by atoms with Gasteiger partial charge in [0.25, 0.3) is 11.8 Å². The van der Waals surface area contributed by atoms with Crippen molar-refractivity contribution in [2.24, 2.45) is 0 Å². The van der Waals surface area contributed by atoms with E-state index in [4.69, 9.17) is 4.42 Å². The van der Waals surface area contributed by atoms with E-state index in [1.165, 1.54) is 23.3 Å². The molecule has 0 aliphatic heterocycles. The van der Waals surface area contributed by atoms with Crippen molar-refractivity contribution in [3.8, 4) is 0 Å². The van der Waals surface area contributed by atoms with Crippen LogP contribution in [0, 0.1) is 0 Å². The Balaban J connectivity index is 1.75. The fourth-order valence-corrected chi connectivity index (χ4v) is 3.12. The quantitative estimate of drug-likeness (QED) is 0.528. The van der Waals surface area contributed by atoms with E-state index in [1.807, 2.05) is 19.0 Å². The van der Waals surface area contributed by atoms with Crippen LogP contribution in [0.2, 0.25) is 0 Å². The maximum Gasteiger partial charge on any atom is 0.416 e. The van der Waals surface area contributed by atoms with Gasteiger partial charge in [-0.1, -0.05) is 12.1 Å². The first-order chi connectivity index (χ1) is 15.6. The van der Waals surface area contributed by atoms with Gasteiger partial charge in [0.15, 0.2) is 5.76 Å². The summed E-state index contributed by atoms with van der Waals surface area (Å²) in [6, 6.07) is 14.4. The third kappa shape index (κ3) is 6.69. The molecule has 1 N–H and O–H groups in total. The molecule has 0 saturated carbocycles. The van der Waals surface area contributed by atoms with Crippen LogP contribution in [-0.2, 0) is 12.7 Å². The number of hydrogen-bond donors (Lipinski definition) is 1. The van der Waals surface area contributed by atoms with Gasteiger partial charge in [-0.15, -0.1) is 0 Å². The molecule has 0 fully saturated rings. The molecule has 1 heterocycles. The summed E-state index contributed by atoms with van der Waals surface area (Å²) in [6.07, 6.45) is -3.06. The molecular weight excluding hydrogens is 435 g/mol. The van der Waals surface area contributed by atoms with Crippen LogP contribution in [0.5, 0.6) is 0 Å². The van der Waals surface area contributed by atoms with E-state index in [0.717, 1.165) is 12.1 Å². The molecule has 3 rings (SSSR count). The van der Waals surface area contributed by atoms with Gasteiger partial charge in [0.1, 0.15) is 0 Å². The summed E-state index contributed by atoms with van der Waals surface area (Å²) in [7, 11) is 3.70. The molecule has 2 amide bonds. The lowest BCUT2D eigenvalue weighted by Crippen LogP contribution is -2.36. The third-order valence-corrected chi connectivity index (χ3v) is 4.87. The molecule has 1 aromatic heterocycles. The molecule has 0 aliphatic rings. The van der Waals surface area contributed by atoms with Gasteiger partial charge in [0.05, 0.1) is 11.8 Å². The molecule has 33 heavy (non-hydrogen) atoms. The van der Waals surface area contributed by atoms with Crippen molar-refractivity contribution < 1.29 is 27.2 Å². The van der Waals surface area contributed by atoms with E-state index in [-0.39, 0.29) is 18.2 Å². The molecule has 3 aromatic rings. The van der Waals surface area contributed by atoms with E-state index >= 15 is 0 Å². The minimum absolute atomic E-state index is 0.0353. The maximum absolute atomic E-state index is 13.1. The van der Waals surface area contributed by atoms with Crippen molar-refractivity contribution in [2.45, 2.75) is 12.7 Å². The number of hydrogen-bond acceptors (Lipinski definition) is 4. The van der Waals surface area contributed by atoms with E-state index in [1.54, 1.807) is 36.4 Å². The first-order valence-corrected chi connectivity index (χ1v) is 10.2. The summed E-state index contributed by atoms with van der Waals surface area (Å²) in [5, 5.41) is 2.67. The van der Waals surface area contributed by atoms with E-state index < -0.39 is 17.6 Å². The lowest BCUT2D eigenvalue weighted by molar-refractivity contribution is -0.137. The van der Waals surface area contributed by atoms with Crippen molar-refractivity contribution in [1.82, 2.24) is 9.80 Å². The van der Waals surface area contributed by atoms with Crippen LogP contribution >= 0.6 is 0 Å². The van der Waals surface area contributed by atoms with Gasteiger partial charge in [-0.2, -0.15) is 13.2 Å². The lowest BCUT2D eigenvalue weighted by Gasteiger charge is -2.25. The predicted molar refractivity (Wildman–Crippen MR) is 118 cm³/mol.